The molecule has 0 aromatic rings. The highest BCUT2D eigenvalue weighted by Crippen LogP contribution is 2.35. The van der Waals surface area contributed by atoms with E-state index in [4.69, 9.17) is 9.84 Å². The second-order valence-electron chi connectivity index (χ2n) is 5.53. The third-order valence-electron chi connectivity index (χ3n) is 3.67. The number of aliphatic hydroxyl groups is 2. The summed E-state index contributed by atoms with van der Waals surface area (Å²) < 4.78 is 5.77. The monoisotopic (exact) mass is 230 g/mol. The molecule has 0 saturated heterocycles. The van der Waals surface area contributed by atoms with Crippen molar-refractivity contribution in [2.24, 2.45) is 17.8 Å². The Morgan fingerprint density at radius 3 is 2.56 bits per heavy atom. The van der Waals surface area contributed by atoms with Gasteiger partial charge in [0.2, 0.25) is 0 Å². The Balaban J connectivity index is 2.44. The lowest BCUT2D eigenvalue weighted by Crippen LogP contribution is -2.36. The van der Waals surface area contributed by atoms with Crippen LogP contribution in [0.4, 0.5) is 0 Å². The molecule has 1 saturated carbocycles. The van der Waals surface area contributed by atoms with Crippen LogP contribution in [-0.4, -0.2) is 35.6 Å². The smallest absolute Gasteiger partial charge is 0.100 e. The van der Waals surface area contributed by atoms with Gasteiger partial charge in [-0.1, -0.05) is 27.2 Å². The minimum atomic E-state index is -0.731. The highest BCUT2D eigenvalue weighted by molar-refractivity contribution is 4.81. The van der Waals surface area contributed by atoms with Gasteiger partial charge in [0, 0.05) is 0 Å². The summed E-state index contributed by atoms with van der Waals surface area (Å²) in [5.41, 5.74) is 0. The number of rotatable bonds is 5. The van der Waals surface area contributed by atoms with Crippen molar-refractivity contribution in [1.29, 1.82) is 0 Å². The number of ether oxygens (including phenoxy) is 1. The third-order valence-corrected chi connectivity index (χ3v) is 3.67. The fourth-order valence-electron chi connectivity index (χ4n) is 2.59. The minimum Gasteiger partial charge on any atom is -0.394 e. The Hall–Kier alpha value is -0.120. The topological polar surface area (TPSA) is 49.7 Å². The van der Waals surface area contributed by atoms with Crippen LogP contribution in [0.15, 0.2) is 0 Å². The maximum absolute atomic E-state index is 9.30. The molecular weight excluding hydrogens is 204 g/mol. The number of hydrogen-bond acceptors (Lipinski definition) is 3. The standard InChI is InChI=1S/C13H26O3/c1-9(2)12-5-4-10(3)6-13(12)16-8-11(15)7-14/h9-15H,4-8H2,1-3H3/t10-,11+,12+,13-/m0/s1. The molecule has 2 N–H and O–H groups in total. The van der Waals surface area contributed by atoms with Gasteiger partial charge in [-0.3, -0.25) is 0 Å². The van der Waals surface area contributed by atoms with Gasteiger partial charge in [0.15, 0.2) is 0 Å². The van der Waals surface area contributed by atoms with Crippen molar-refractivity contribution in [3.63, 3.8) is 0 Å². The Morgan fingerprint density at radius 2 is 2.00 bits per heavy atom. The van der Waals surface area contributed by atoms with Crippen molar-refractivity contribution in [2.45, 2.75) is 52.2 Å². The molecule has 1 aliphatic carbocycles. The first-order valence-electron chi connectivity index (χ1n) is 6.45. The van der Waals surface area contributed by atoms with Gasteiger partial charge in [-0.15, -0.1) is 0 Å². The predicted molar refractivity (Wildman–Crippen MR) is 64.2 cm³/mol. The molecule has 0 bridgehead atoms. The lowest BCUT2D eigenvalue weighted by atomic mass is 9.75. The quantitative estimate of drug-likeness (QED) is 0.757. The van der Waals surface area contributed by atoms with E-state index in [1.54, 1.807) is 0 Å². The first-order valence-corrected chi connectivity index (χ1v) is 6.45. The Morgan fingerprint density at radius 1 is 1.31 bits per heavy atom. The molecule has 0 radical (unpaired) electrons. The van der Waals surface area contributed by atoms with E-state index >= 15 is 0 Å². The maximum atomic E-state index is 9.30. The van der Waals surface area contributed by atoms with E-state index in [0.29, 0.717) is 17.8 Å². The zero-order valence-corrected chi connectivity index (χ0v) is 10.7. The molecular formula is C13H26O3. The second-order valence-corrected chi connectivity index (χ2v) is 5.53. The average molecular weight is 230 g/mol. The lowest BCUT2D eigenvalue weighted by Gasteiger charge is -2.37. The molecule has 0 unspecified atom stereocenters. The molecule has 1 rings (SSSR count). The molecule has 1 aliphatic rings. The lowest BCUT2D eigenvalue weighted by molar-refractivity contribution is -0.0776. The van der Waals surface area contributed by atoms with Gasteiger partial charge in [0.1, 0.15) is 6.10 Å². The Bertz CT molecular complexity index is 194. The Labute approximate surface area is 98.8 Å². The van der Waals surface area contributed by atoms with E-state index in [0.717, 1.165) is 6.42 Å². The van der Waals surface area contributed by atoms with Crippen LogP contribution < -0.4 is 0 Å². The Kier molecular flexibility index (Phi) is 5.73. The molecule has 1 fully saturated rings. The first-order chi connectivity index (χ1) is 7.54. The first kappa shape index (κ1) is 13.9. The van der Waals surface area contributed by atoms with Gasteiger partial charge in [-0.2, -0.15) is 0 Å². The number of hydrogen-bond donors (Lipinski definition) is 2. The van der Waals surface area contributed by atoms with Crippen LogP contribution in [0.1, 0.15) is 40.0 Å². The van der Waals surface area contributed by atoms with Crippen molar-refractivity contribution in [3.8, 4) is 0 Å². The summed E-state index contributed by atoms with van der Waals surface area (Å²) in [6, 6.07) is 0. The molecule has 0 aromatic heterocycles. The van der Waals surface area contributed by atoms with E-state index in [9.17, 15) is 5.11 Å². The van der Waals surface area contributed by atoms with E-state index in [1.165, 1.54) is 12.8 Å². The molecule has 0 amide bonds. The second kappa shape index (κ2) is 6.58. The molecule has 3 nitrogen and oxygen atoms in total. The van der Waals surface area contributed by atoms with Crippen LogP contribution in [0, 0.1) is 17.8 Å². The molecule has 0 aromatic carbocycles. The van der Waals surface area contributed by atoms with E-state index in [-0.39, 0.29) is 19.3 Å². The summed E-state index contributed by atoms with van der Waals surface area (Å²) in [6.07, 6.45) is 3.11. The molecule has 96 valence electrons. The molecule has 0 aliphatic heterocycles. The van der Waals surface area contributed by atoms with Crippen LogP contribution in [0.2, 0.25) is 0 Å². The average Bonchev–Trinajstić information content (AvgIpc) is 2.25. The van der Waals surface area contributed by atoms with Crippen molar-refractivity contribution in [1.82, 2.24) is 0 Å². The summed E-state index contributed by atoms with van der Waals surface area (Å²) in [6.45, 7) is 6.78. The van der Waals surface area contributed by atoms with Gasteiger partial charge in [-0.25, -0.2) is 0 Å². The third kappa shape index (κ3) is 4.04. The summed E-state index contributed by atoms with van der Waals surface area (Å²) in [4.78, 5) is 0. The number of aliphatic hydroxyl groups excluding tert-OH is 2. The predicted octanol–water partition coefficient (Wildman–Crippen LogP) is 1.82. The molecule has 0 spiro atoms. The van der Waals surface area contributed by atoms with E-state index in [1.807, 2.05) is 0 Å². The van der Waals surface area contributed by atoms with Crippen LogP contribution in [0.25, 0.3) is 0 Å². The van der Waals surface area contributed by atoms with Gasteiger partial charge in [0.25, 0.3) is 0 Å². The van der Waals surface area contributed by atoms with Crippen molar-refractivity contribution in [3.05, 3.63) is 0 Å². The fraction of sp³-hybridized carbons (Fsp3) is 1.00. The fourth-order valence-corrected chi connectivity index (χ4v) is 2.59. The van der Waals surface area contributed by atoms with E-state index in [2.05, 4.69) is 20.8 Å². The van der Waals surface area contributed by atoms with Crippen LogP contribution in [-0.2, 0) is 4.74 Å². The van der Waals surface area contributed by atoms with Crippen molar-refractivity contribution in [2.75, 3.05) is 13.2 Å². The van der Waals surface area contributed by atoms with E-state index < -0.39 is 6.10 Å². The van der Waals surface area contributed by atoms with Gasteiger partial charge >= 0.3 is 0 Å². The molecule has 4 atom stereocenters. The zero-order chi connectivity index (χ0) is 12.1. The van der Waals surface area contributed by atoms with Crippen molar-refractivity contribution >= 4 is 0 Å². The van der Waals surface area contributed by atoms with Gasteiger partial charge < -0.3 is 14.9 Å². The van der Waals surface area contributed by atoms with Crippen LogP contribution in [0.5, 0.6) is 0 Å². The van der Waals surface area contributed by atoms with Gasteiger partial charge in [-0.05, 0) is 30.6 Å². The normalized spacial score (nSPS) is 33.0. The highest BCUT2D eigenvalue weighted by atomic mass is 16.5. The maximum Gasteiger partial charge on any atom is 0.100 e. The summed E-state index contributed by atoms with van der Waals surface area (Å²) in [7, 11) is 0. The highest BCUT2D eigenvalue weighted by Gasteiger charge is 2.31. The zero-order valence-electron chi connectivity index (χ0n) is 10.7. The summed E-state index contributed by atoms with van der Waals surface area (Å²) in [5.74, 6) is 1.94. The summed E-state index contributed by atoms with van der Waals surface area (Å²) in [5, 5.41) is 18.1. The van der Waals surface area contributed by atoms with Gasteiger partial charge in [0.05, 0.1) is 19.3 Å². The molecule has 16 heavy (non-hydrogen) atoms. The molecule has 3 heteroatoms. The molecule has 0 heterocycles. The van der Waals surface area contributed by atoms with Crippen LogP contribution in [0.3, 0.4) is 0 Å². The SMILES string of the molecule is CC(C)[C@H]1CC[C@H](C)C[C@@H]1OC[C@H](O)CO. The minimum absolute atomic E-state index is 0.214. The largest absolute Gasteiger partial charge is 0.394 e. The summed E-state index contributed by atoms with van der Waals surface area (Å²) >= 11 is 0. The van der Waals surface area contributed by atoms with Crippen LogP contribution >= 0.6 is 0 Å². The van der Waals surface area contributed by atoms with Crippen molar-refractivity contribution < 1.29 is 14.9 Å².